The Balaban J connectivity index is 1.98. The molecule has 1 heterocycles. The van der Waals surface area contributed by atoms with Gasteiger partial charge in [0.25, 0.3) is 0 Å². The summed E-state index contributed by atoms with van der Waals surface area (Å²) in [6, 6.07) is 21.6. The fourth-order valence-electron chi connectivity index (χ4n) is 3.14. The van der Waals surface area contributed by atoms with Crippen LogP contribution in [0.4, 0.5) is 0 Å². The van der Waals surface area contributed by atoms with Crippen molar-refractivity contribution in [3.05, 3.63) is 88.4 Å². The Morgan fingerprint density at radius 1 is 0.778 bits per heavy atom. The second kappa shape index (κ2) is 7.06. The van der Waals surface area contributed by atoms with Gasteiger partial charge in [-0.2, -0.15) is 0 Å². The Morgan fingerprint density at radius 3 is 2.26 bits per heavy atom. The number of nitrogens with zero attached hydrogens (tertiary/aromatic N) is 2. The molecular formula is C21H16Cl2N2O2+2. The number of rotatable bonds is 3. The topological polar surface area (TPSA) is 48.2 Å². The highest BCUT2D eigenvalue weighted by atomic mass is 35.5. The van der Waals surface area contributed by atoms with Crippen LogP contribution in [0.5, 0.6) is 11.9 Å². The summed E-state index contributed by atoms with van der Waals surface area (Å²) in [4.78, 5) is 0. The standard InChI is InChI=1S/C21H14Cl2N2O2/c22-15-8-10-17(11-9-15)25-20(26)18-6-1-2-7-19(18)24(21(25)27)13-14-4-3-5-16(23)12-14/h1-12H,13H2/p+2. The van der Waals surface area contributed by atoms with Gasteiger partial charge in [-0.3, -0.25) is 0 Å². The molecule has 4 nitrogen and oxygen atoms in total. The van der Waals surface area contributed by atoms with Crippen LogP contribution in [-0.4, -0.2) is 10.2 Å². The van der Waals surface area contributed by atoms with Crippen LogP contribution in [-0.2, 0) is 6.54 Å². The molecule has 3 aromatic carbocycles. The summed E-state index contributed by atoms with van der Waals surface area (Å²) in [5, 5.41) is 23.7. The summed E-state index contributed by atoms with van der Waals surface area (Å²) in [7, 11) is 0. The van der Waals surface area contributed by atoms with Gasteiger partial charge in [0, 0.05) is 33.8 Å². The third-order valence-electron chi connectivity index (χ3n) is 4.40. The third kappa shape index (κ3) is 3.29. The van der Waals surface area contributed by atoms with Crippen molar-refractivity contribution in [1.82, 2.24) is 0 Å². The maximum absolute atomic E-state index is 11.0. The summed E-state index contributed by atoms with van der Waals surface area (Å²) in [6.07, 6.45) is 0. The van der Waals surface area contributed by atoms with E-state index in [2.05, 4.69) is 0 Å². The molecule has 134 valence electrons. The molecule has 0 amide bonds. The molecule has 4 aromatic rings. The monoisotopic (exact) mass is 398 g/mol. The zero-order chi connectivity index (χ0) is 19.0. The van der Waals surface area contributed by atoms with Crippen molar-refractivity contribution in [3.63, 3.8) is 0 Å². The number of benzene rings is 3. The number of aromatic nitrogens is 2. The van der Waals surface area contributed by atoms with Crippen LogP contribution in [0.1, 0.15) is 5.56 Å². The lowest BCUT2D eigenvalue weighted by molar-refractivity contribution is -0.776. The SMILES string of the molecule is Oc1c2ccccc2[n+](Cc2cccc(Cl)c2)c(O)[n+]1-c1ccc(Cl)cc1. The van der Waals surface area contributed by atoms with Gasteiger partial charge in [0.1, 0.15) is 0 Å². The summed E-state index contributed by atoms with van der Waals surface area (Å²) < 4.78 is 3.12. The van der Waals surface area contributed by atoms with Crippen molar-refractivity contribution in [2.45, 2.75) is 6.54 Å². The first-order chi connectivity index (χ1) is 13.0. The van der Waals surface area contributed by atoms with Crippen molar-refractivity contribution < 1.29 is 19.3 Å². The molecule has 4 rings (SSSR count). The van der Waals surface area contributed by atoms with Crippen LogP contribution in [0.25, 0.3) is 16.6 Å². The van der Waals surface area contributed by atoms with E-state index in [0.717, 1.165) is 5.56 Å². The van der Waals surface area contributed by atoms with E-state index >= 15 is 0 Å². The minimum atomic E-state index is -0.103. The van der Waals surface area contributed by atoms with Crippen molar-refractivity contribution in [2.24, 2.45) is 0 Å². The molecule has 0 saturated heterocycles. The van der Waals surface area contributed by atoms with Crippen LogP contribution in [0.2, 0.25) is 10.0 Å². The molecule has 0 aliphatic carbocycles. The predicted molar refractivity (Wildman–Crippen MR) is 105 cm³/mol. The molecule has 0 aliphatic heterocycles. The van der Waals surface area contributed by atoms with Gasteiger partial charge in [-0.05, 0) is 34.9 Å². The lowest BCUT2D eigenvalue weighted by Gasteiger charge is -2.05. The average molecular weight is 399 g/mol. The molecule has 2 N–H and O–H groups in total. The van der Waals surface area contributed by atoms with Gasteiger partial charge in [0.05, 0.1) is 0 Å². The number of para-hydroxylation sites is 1. The third-order valence-corrected chi connectivity index (χ3v) is 4.89. The average Bonchev–Trinajstić information content (AvgIpc) is 2.67. The van der Waals surface area contributed by atoms with E-state index in [1.807, 2.05) is 42.5 Å². The van der Waals surface area contributed by atoms with Gasteiger partial charge < -0.3 is 10.2 Å². The van der Waals surface area contributed by atoms with E-state index in [4.69, 9.17) is 23.2 Å². The second-order valence-electron chi connectivity index (χ2n) is 6.17. The predicted octanol–water partition coefficient (Wildman–Crippen LogP) is 4.17. The number of aromatic hydroxyl groups is 2. The Kier molecular flexibility index (Phi) is 4.60. The summed E-state index contributed by atoms with van der Waals surface area (Å²) >= 11 is 12.1. The molecule has 0 aliphatic rings. The van der Waals surface area contributed by atoms with Gasteiger partial charge in [-0.15, -0.1) is 0 Å². The van der Waals surface area contributed by atoms with Gasteiger partial charge in [-0.1, -0.05) is 52.0 Å². The van der Waals surface area contributed by atoms with E-state index in [1.54, 1.807) is 34.9 Å². The fraction of sp³-hybridized carbons (Fsp3) is 0.0476. The van der Waals surface area contributed by atoms with Gasteiger partial charge in [-0.25, -0.2) is 0 Å². The van der Waals surface area contributed by atoms with Crippen molar-refractivity contribution in [3.8, 4) is 17.6 Å². The number of halogens is 2. The van der Waals surface area contributed by atoms with Gasteiger partial charge in [0.15, 0.2) is 11.9 Å². The molecule has 0 radical (unpaired) electrons. The summed E-state index contributed by atoms with van der Waals surface area (Å²) in [5.74, 6) is -0.0484. The second-order valence-corrected chi connectivity index (χ2v) is 7.04. The van der Waals surface area contributed by atoms with Crippen molar-refractivity contribution in [1.29, 1.82) is 0 Å². The molecule has 0 unspecified atom stereocenters. The van der Waals surface area contributed by atoms with Crippen LogP contribution in [0, 0.1) is 0 Å². The van der Waals surface area contributed by atoms with E-state index in [9.17, 15) is 10.2 Å². The van der Waals surface area contributed by atoms with E-state index in [-0.39, 0.29) is 11.9 Å². The largest absolute Gasteiger partial charge is 0.638 e. The summed E-state index contributed by atoms with van der Waals surface area (Å²) in [5.41, 5.74) is 2.24. The fourth-order valence-corrected chi connectivity index (χ4v) is 3.48. The van der Waals surface area contributed by atoms with Crippen LogP contribution < -0.4 is 9.13 Å². The molecule has 27 heavy (non-hydrogen) atoms. The molecule has 1 aromatic heterocycles. The lowest BCUT2D eigenvalue weighted by Crippen LogP contribution is -2.47. The lowest BCUT2D eigenvalue weighted by atomic mass is 10.2. The Labute approximate surface area is 166 Å². The Morgan fingerprint density at radius 2 is 1.52 bits per heavy atom. The highest BCUT2D eigenvalue weighted by Crippen LogP contribution is 2.24. The molecule has 0 saturated carbocycles. The number of hydrogen-bond donors (Lipinski definition) is 2. The molecule has 0 spiro atoms. The van der Waals surface area contributed by atoms with Gasteiger partial charge >= 0.3 is 11.9 Å². The van der Waals surface area contributed by atoms with Crippen LogP contribution in [0.3, 0.4) is 0 Å². The molecular weight excluding hydrogens is 383 g/mol. The molecule has 0 atom stereocenters. The Bertz CT molecular complexity index is 1140. The van der Waals surface area contributed by atoms with E-state index in [1.165, 1.54) is 4.57 Å². The van der Waals surface area contributed by atoms with E-state index in [0.29, 0.717) is 33.2 Å². The maximum atomic E-state index is 11.0. The molecule has 0 bridgehead atoms. The number of fused-ring (bicyclic) bond motifs is 1. The van der Waals surface area contributed by atoms with Crippen molar-refractivity contribution >= 4 is 34.1 Å². The molecule has 0 fully saturated rings. The zero-order valence-corrected chi connectivity index (χ0v) is 15.7. The first kappa shape index (κ1) is 17.6. The smallest absolute Gasteiger partial charge is 0.459 e. The molecule has 6 heteroatoms. The van der Waals surface area contributed by atoms with Crippen molar-refractivity contribution in [2.75, 3.05) is 0 Å². The highest BCUT2D eigenvalue weighted by molar-refractivity contribution is 6.30. The van der Waals surface area contributed by atoms with Crippen LogP contribution in [0.15, 0.2) is 72.8 Å². The number of hydrogen-bond acceptors (Lipinski definition) is 2. The normalized spacial score (nSPS) is 11.0. The Hall–Kier alpha value is -2.82. The first-order valence-corrected chi connectivity index (χ1v) is 9.09. The quantitative estimate of drug-likeness (QED) is 0.508. The summed E-state index contributed by atoms with van der Waals surface area (Å²) in [6.45, 7) is 0.390. The highest BCUT2D eigenvalue weighted by Gasteiger charge is 2.35. The first-order valence-electron chi connectivity index (χ1n) is 8.33. The zero-order valence-electron chi connectivity index (χ0n) is 14.2. The maximum Gasteiger partial charge on any atom is 0.638 e. The van der Waals surface area contributed by atoms with Gasteiger partial charge in [0.2, 0.25) is 11.2 Å². The van der Waals surface area contributed by atoms with E-state index < -0.39 is 0 Å². The minimum Gasteiger partial charge on any atom is -0.459 e. The minimum absolute atomic E-state index is 0.0484. The van der Waals surface area contributed by atoms with Crippen LogP contribution >= 0.6 is 23.2 Å².